The Morgan fingerprint density at radius 3 is 2.80 bits per heavy atom. The number of rotatable bonds is 2. The van der Waals surface area contributed by atoms with Gasteiger partial charge in [0, 0.05) is 41.5 Å². The molecule has 8 heteroatoms. The second-order valence-electron chi connectivity index (χ2n) is 6.78. The maximum Gasteiger partial charge on any atom is 0.171 e. The summed E-state index contributed by atoms with van der Waals surface area (Å²) >= 11 is 3.91. The van der Waals surface area contributed by atoms with E-state index in [0.29, 0.717) is 12.3 Å². The molecule has 0 saturated heterocycles. The molecule has 2 aliphatic rings. The lowest BCUT2D eigenvalue weighted by atomic mass is 9.89. The summed E-state index contributed by atoms with van der Waals surface area (Å²) in [5.74, 6) is 0. The minimum absolute atomic E-state index is 0.173. The van der Waals surface area contributed by atoms with Gasteiger partial charge in [-0.2, -0.15) is 5.10 Å². The number of pyridine rings is 1. The number of nitrogens with zero attached hydrogens (tertiary/aromatic N) is 4. The number of fused-ring (bicyclic) bond motifs is 4. The summed E-state index contributed by atoms with van der Waals surface area (Å²) in [4.78, 5) is 4.56. The van der Waals surface area contributed by atoms with Crippen molar-refractivity contribution in [1.82, 2.24) is 18.7 Å². The maximum absolute atomic E-state index is 13.9. The summed E-state index contributed by atoms with van der Waals surface area (Å²) in [5.41, 5.74) is 4.31. The molecule has 5 nitrogen and oxygen atoms in total. The van der Waals surface area contributed by atoms with Crippen molar-refractivity contribution in [3.8, 4) is 11.3 Å². The summed E-state index contributed by atoms with van der Waals surface area (Å²) in [6.07, 6.45) is 9.83. The van der Waals surface area contributed by atoms with E-state index in [-0.39, 0.29) is 17.9 Å². The Kier molecular flexibility index (Phi) is 3.52. The van der Waals surface area contributed by atoms with E-state index in [1.54, 1.807) is 10.9 Å². The van der Waals surface area contributed by atoms with Gasteiger partial charge in [-0.15, -0.1) is 3.89 Å². The zero-order valence-electron chi connectivity index (χ0n) is 13.6. The third-order valence-electron chi connectivity index (χ3n) is 5.38. The Labute approximate surface area is 157 Å². The lowest BCUT2D eigenvalue weighted by molar-refractivity contribution is -0.0317. The zero-order valence-corrected chi connectivity index (χ0v) is 16.0. The second kappa shape index (κ2) is 5.56. The van der Waals surface area contributed by atoms with Crippen LogP contribution >= 0.6 is 28.3 Å². The van der Waals surface area contributed by atoms with Gasteiger partial charge in [-0.3, -0.25) is 4.68 Å². The van der Waals surface area contributed by atoms with Crippen molar-refractivity contribution in [2.75, 3.05) is 0 Å². The molecular weight excluding hydrogens is 407 g/mol. The van der Waals surface area contributed by atoms with Crippen LogP contribution in [0.5, 0.6) is 0 Å². The Bertz CT molecular complexity index is 992. The van der Waals surface area contributed by atoms with Crippen LogP contribution in [0.15, 0.2) is 23.1 Å². The highest BCUT2D eigenvalue weighted by Gasteiger charge is 2.45. The molecule has 3 aromatic heterocycles. The first-order chi connectivity index (χ1) is 12.1. The highest BCUT2D eigenvalue weighted by molar-refractivity contribution is 9.10. The van der Waals surface area contributed by atoms with Gasteiger partial charge >= 0.3 is 0 Å². The van der Waals surface area contributed by atoms with Gasteiger partial charge in [0.05, 0.1) is 28.6 Å². The molecular formula is C17H16BrFN4OS. The van der Waals surface area contributed by atoms with Crippen LogP contribution in [0.3, 0.4) is 0 Å². The molecule has 0 N–H and O–H groups in total. The summed E-state index contributed by atoms with van der Waals surface area (Å²) < 4.78 is 24.3. The van der Waals surface area contributed by atoms with Crippen molar-refractivity contribution < 1.29 is 8.62 Å². The molecule has 1 fully saturated rings. The van der Waals surface area contributed by atoms with E-state index in [1.165, 1.54) is 9.54 Å². The second-order valence-corrected chi connectivity index (χ2v) is 8.07. The SMILES string of the molecule is Cn1cc(-c2c(Br)c3c4c(cnc3n2SF)COC42CCCC2)cn1. The first-order valence-electron chi connectivity index (χ1n) is 8.29. The number of hydrogen-bond donors (Lipinski definition) is 0. The predicted octanol–water partition coefficient (Wildman–Crippen LogP) is 4.88. The monoisotopic (exact) mass is 422 g/mol. The smallest absolute Gasteiger partial charge is 0.171 e. The van der Waals surface area contributed by atoms with Crippen LogP contribution in [-0.4, -0.2) is 18.7 Å². The lowest BCUT2D eigenvalue weighted by Crippen LogP contribution is -2.20. The van der Waals surface area contributed by atoms with Crippen LogP contribution in [0.4, 0.5) is 3.89 Å². The first-order valence-corrected chi connectivity index (χ1v) is 9.75. The van der Waals surface area contributed by atoms with Crippen molar-refractivity contribution in [2.45, 2.75) is 37.9 Å². The van der Waals surface area contributed by atoms with Crippen LogP contribution in [0.25, 0.3) is 22.3 Å². The molecule has 4 heterocycles. The number of aromatic nitrogens is 4. The van der Waals surface area contributed by atoms with Crippen LogP contribution in [0, 0.1) is 0 Å². The van der Waals surface area contributed by atoms with Gasteiger partial charge < -0.3 is 4.74 Å². The molecule has 130 valence electrons. The maximum atomic E-state index is 13.9. The van der Waals surface area contributed by atoms with Gasteiger partial charge in [-0.05, 0) is 28.8 Å². The van der Waals surface area contributed by atoms with E-state index in [9.17, 15) is 3.89 Å². The Morgan fingerprint density at radius 1 is 1.32 bits per heavy atom. The first kappa shape index (κ1) is 15.8. The molecule has 1 spiro atoms. The van der Waals surface area contributed by atoms with Crippen LogP contribution in [-0.2, 0) is 24.0 Å². The summed E-state index contributed by atoms with van der Waals surface area (Å²) in [6.45, 7) is 0.584. The minimum Gasteiger partial charge on any atom is -0.366 e. The molecule has 1 aliphatic heterocycles. The number of halogens is 2. The van der Waals surface area contributed by atoms with E-state index in [4.69, 9.17) is 4.74 Å². The Morgan fingerprint density at radius 2 is 2.12 bits per heavy atom. The van der Waals surface area contributed by atoms with Gasteiger partial charge in [0.1, 0.15) is 0 Å². The zero-order chi connectivity index (χ0) is 17.2. The third-order valence-corrected chi connectivity index (χ3v) is 6.64. The van der Waals surface area contributed by atoms with E-state index in [0.717, 1.165) is 52.4 Å². The van der Waals surface area contributed by atoms with Crippen LogP contribution in [0.2, 0.25) is 0 Å². The third kappa shape index (κ3) is 2.10. The van der Waals surface area contributed by atoms with Crippen molar-refractivity contribution >= 4 is 39.3 Å². The summed E-state index contributed by atoms with van der Waals surface area (Å²) in [7, 11) is 1.85. The lowest BCUT2D eigenvalue weighted by Gasteiger charge is -2.24. The molecule has 0 bridgehead atoms. The molecule has 0 unspecified atom stereocenters. The van der Waals surface area contributed by atoms with Gasteiger partial charge in [0.15, 0.2) is 18.0 Å². The van der Waals surface area contributed by atoms with E-state index >= 15 is 0 Å². The minimum atomic E-state index is -0.238. The van der Waals surface area contributed by atoms with Crippen molar-refractivity contribution in [3.63, 3.8) is 0 Å². The number of hydrogen-bond acceptors (Lipinski definition) is 4. The van der Waals surface area contributed by atoms with E-state index < -0.39 is 0 Å². The largest absolute Gasteiger partial charge is 0.366 e. The topological polar surface area (TPSA) is 44.9 Å². The highest BCUT2D eigenvalue weighted by Crippen LogP contribution is 2.53. The molecule has 3 aromatic rings. The molecule has 25 heavy (non-hydrogen) atoms. The van der Waals surface area contributed by atoms with E-state index in [1.807, 2.05) is 19.4 Å². The van der Waals surface area contributed by atoms with E-state index in [2.05, 4.69) is 26.0 Å². The van der Waals surface area contributed by atoms with Gasteiger partial charge in [-0.25, -0.2) is 8.96 Å². The van der Waals surface area contributed by atoms with Crippen LogP contribution in [0.1, 0.15) is 36.8 Å². The Balaban J connectivity index is 1.86. The summed E-state index contributed by atoms with van der Waals surface area (Å²) in [6, 6.07) is 0. The fraction of sp³-hybridized carbons (Fsp3) is 0.412. The quantitative estimate of drug-likeness (QED) is 0.590. The van der Waals surface area contributed by atoms with Crippen molar-refractivity contribution in [2.24, 2.45) is 7.05 Å². The van der Waals surface area contributed by atoms with Crippen molar-refractivity contribution in [3.05, 3.63) is 34.2 Å². The number of ether oxygens (including phenoxy) is 1. The van der Waals surface area contributed by atoms with Gasteiger partial charge in [0.25, 0.3) is 0 Å². The Hall–Kier alpha value is -1.38. The van der Waals surface area contributed by atoms with Crippen LogP contribution < -0.4 is 0 Å². The molecule has 0 atom stereocenters. The average molecular weight is 423 g/mol. The summed E-state index contributed by atoms with van der Waals surface area (Å²) in [5, 5.41) is 5.20. The average Bonchev–Trinajstić information content (AvgIpc) is 3.37. The standard InChI is InChI=1S/C17H16BrFN4OS/c1-22-8-10(7-21-22)15-14(18)12-13-11(6-20-16(12)23(15)25-19)9-24-17(13)4-2-3-5-17/h6-8H,2-5,9H2,1H3. The molecule has 1 aliphatic carbocycles. The number of aryl methyl sites for hydroxylation is 1. The van der Waals surface area contributed by atoms with Gasteiger partial charge in [-0.1, -0.05) is 12.8 Å². The molecule has 0 aromatic carbocycles. The fourth-order valence-electron chi connectivity index (χ4n) is 4.33. The molecule has 1 saturated carbocycles. The molecule has 0 radical (unpaired) electrons. The fourth-order valence-corrected chi connectivity index (χ4v) is 5.70. The highest BCUT2D eigenvalue weighted by atomic mass is 79.9. The predicted molar refractivity (Wildman–Crippen MR) is 98.7 cm³/mol. The van der Waals surface area contributed by atoms with Crippen molar-refractivity contribution in [1.29, 1.82) is 0 Å². The molecule has 0 amide bonds. The normalized spacial score (nSPS) is 18.5. The van der Waals surface area contributed by atoms with Gasteiger partial charge in [0.2, 0.25) is 0 Å². The molecule has 5 rings (SSSR count).